The fourth-order valence-corrected chi connectivity index (χ4v) is 4.24. The summed E-state index contributed by atoms with van der Waals surface area (Å²) in [5.41, 5.74) is 4.59. The van der Waals surface area contributed by atoms with Crippen molar-refractivity contribution in [3.05, 3.63) is 70.8 Å². The maximum Gasteiger partial charge on any atom is 0.263 e. The number of rotatable bonds is 6. The summed E-state index contributed by atoms with van der Waals surface area (Å²) in [6.45, 7) is 6.96. The van der Waals surface area contributed by atoms with Gasteiger partial charge >= 0.3 is 0 Å². The number of thioether (sulfide) groups is 1. The summed E-state index contributed by atoms with van der Waals surface area (Å²) >= 11 is 6.39. The van der Waals surface area contributed by atoms with Crippen LogP contribution in [0.25, 0.3) is 23.0 Å². The van der Waals surface area contributed by atoms with Crippen molar-refractivity contribution in [2.45, 2.75) is 20.8 Å². The van der Waals surface area contributed by atoms with E-state index < -0.39 is 0 Å². The lowest BCUT2D eigenvalue weighted by Gasteiger charge is -2.12. The van der Waals surface area contributed by atoms with Crippen molar-refractivity contribution in [2.24, 2.45) is 5.92 Å². The van der Waals surface area contributed by atoms with Crippen LogP contribution in [0.5, 0.6) is 5.75 Å². The molecule has 2 heterocycles. The Balaban J connectivity index is 1.76. The molecule has 0 atom stereocenters. The average molecular weight is 450 g/mol. The van der Waals surface area contributed by atoms with Crippen LogP contribution in [0.15, 0.2) is 59.6 Å². The summed E-state index contributed by atoms with van der Waals surface area (Å²) in [7, 11) is 0. The smallest absolute Gasteiger partial charge is 0.263 e. The van der Waals surface area contributed by atoms with Gasteiger partial charge < -0.3 is 10.1 Å². The highest BCUT2D eigenvalue weighted by Crippen LogP contribution is 2.32. The highest BCUT2D eigenvalue weighted by molar-refractivity contribution is 8.26. The summed E-state index contributed by atoms with van der Waals surface area (Å²) < 4.78 is 8.22. The Labute approximate surface area is 191 Å². The minimum atomic E-state index is -0.179. The van der Waals surface area contributed by atoms with Gasteiger partial charge in [0.1, 0.15) is 15.8 Å². The van der Waals surface area contributed by atoms with Gasteiger partial charge in [0.05, 0.1) is 17.2 Å². The molecule has 1 aliphatic rings. The van der Waals surface area contributed by atoms with E-state index in [2.05, 4.69) is 25.2 Å². The lowest BCUT2D eigenvalue weighted by Crippen LogP contribution is -2.17. The highest BCUT2D eigenvalue weighted by Gasteiger charge is 2.23. The Kier molecular flexibility index (Phi) is 6.25. The van der Waals surface area contributed by atoms with Crippen LogP contribution in [0.2, 0.25) is 0 Å². The quantitative estimate of drug-likeness (QED) is 0.405. The molecule has 1 aromatic heterocycles. The predicted molar refractivity (Wildman–Crippen MR) is 130 cm³/mol. The molecular weight excluding hydrogens is 426 g/mol. The molecule has 1 N–H and O–H groups in total. The van der Waals surface area contributed by atoms with Gasteiger partial charge in [-0.1, -0.05) is 56.0 Å². The van der Waals surface area contributed by atoms with Crippen LogP contribution in [0.4, 0.5) is 0 Å². The molecule has 0 unspecified atom stereocenters. The van der Waals surface area contributed by atoms with Crippen LogP contribution in [0.3, 0.4) is 0 Å². The maximum atomic E-state index is 12.2. The molecule has 0 aliphatic carbocycles. The van der Waals surface area contributed by atoms with Gasteiger partial charge in [-0.2, -0.15) is 5.10 Å². The summed E-state index contributed by atoms with van der Waals surface area (Å²) in [6.07, 6.45) is 3.78. The molecule has 1 amide bonds. The van der Waals surface area contributed by atoms with Crippen molar-refractivity contribution in [2.75, 3.05) is 6.61 Å². The number of hydrogen-bond acceptors (Lipinski definition) is 5. The lowest BCUT2D eigenvalue weighted by molar-refractivity contribution is -0.115. The average Bonchev–Trinajstić information content (AvgIpc) is 3.30. The molecule has 4 rings (SSSR count). The van der Waals surface area contributed by atoms with Crippen LogP contribution in [-0.2, 0) is 4.79 Å². The van der Waals surface area contributed by atoms with Crippen molar-refractivity contribution in [1.82, 2.24) is 15.1 Å². The van der Waals surface area contributed by atoms with Gasteiger partial charge in [-0.05, 0) is 54.8 Å². The first-order valence-electron chi connectivity index (χ1n) is 10.0. The van der Waals surface area contributed by atoms with Gasteiger partial charge in [0.25, 0.3) is 5.91 Å². The topological polar surface area (TPSA) is 56.2 Å². The number of aromatic nitrogens is 2. The van der Waals surface area contributed by atoms with Crippen molar-refractivity contribution >= 4 is 40.3 Å². The zero-order valence-electron chi connectivity index (χ0n) is 17.6. The van der Waals surface area contributed by atoms with Crippen molar-refractivity contribution in [1.29, 1.82) is 0 Å². The van der Waals surface area contributed by atoms with E-state index in [0.29, 0.717) is 21.8 Å². The second-order valence-corrected chi connectivity index (χ2v) is 9.47. The maximum absolute atomic E-state index is 12.2. The number of amides is 1. The number of benzene rings is 2. The SMILES string of the molecule is Cc1cc(-c2nn(-c3ccccc3)cc2/C=C2/SC(=S)NC2=O)ccc1OCC(C)C. The number of hydrogen-bond donors (Lipinski definition) is 1. The summed E-state index contributed by atoms with van der Waals surface area (Å²) in [5, 5.41) is 7.51. The molecular formula is C24H23N3O2S2. The number of carbonyl (C=O) groups excluding carboxylic acids is 1. The van der Waals surface area contributed by atoms with Gasteiger partial charge in [0.2, 0.25) is 0 Å². The lowest BCUT2D eigenvalue weighted by atomic mass is 10.0. The molecule has 158 valence electrons. The number of para-hydroxylation sites is 1. The van der Waals surface area contributed by atoms with Crippen molar-refractivity contribution in [3.8, 4) is 22.7 Å². The normalized spacial score (nSPS) is 15.0. The highest BCUT2D eigenvalue weighted by atomic mass is 32.2. The van der Waals surface area contributed by atoms with E-state index in [0.717, 1.165) is 33.8 Å². The van der Waals surface area contributed by atoms with Gasteiger partial charge in [-0.15, -0.1) is 0 Å². The molecule has 7 heteroatoms. The van der Waals surface area contributed by atoms with E-state index in [4.69, 9.17) is 22.1 Å². The van der Waals surface area contributed by atoms with Crippen LogP contribution in [0.1, 0.15) is 25.0 Å². The van der Waals surface area contributed by atoms with E-state index in [1.54, 1.807) is 0 Å². The van der Waals surface area contributed by atoms with E-state index >= 15 is 0 Å². The fourth-order valence-electron chi connectivity index (χ4n) is 3.21. The molecule has 0 spiro atoms. The predicted octanol–water partition coefficient (Wildman–Crippen LogP) is 5.37. The number of nitrogens with one attached hydrogen (secondary N) is 1. The number of carbonyl (C=O) groups is 1. The summed E-state index contributed by atoms with van der Waals surface area (Å²) in [5.74, 6) is 1.15. The number of aryl methyl sites for hydroxylation is 1. The number of nitrogens with zero attached hydrogens (tertiary/aromatic N) is 2. The van der Waals surface area contributed by atoms with E-state index in [1.165, 1.54) is 11.8 Å². The molecule has 0 bridgehead atoms. The Morgan fingerprint density at radius 1 is 1.23 bits per heavy atom. The van der Waals surface area contributed by atoms with Crippen LogP contribution in [0, 0.1) is 12.8 Å². The molecule has 31 heavy (non-hydrogen) atoms. The Bertz CT molecular complexity index is 1170. The van der Waals surface area contributed by atoms with Crippen LogP contribution >= 0.6 is 24.0 Å². The van der Waals surface area contributed by atoms with E-state index in [-0.39, 0.29) is 5.91 Å². The third-order valence-electron chi connectivity index (χ3n) is 4.71. The van der Waals surface area contributed by atoms with Gasteiger partial charge in [-0.3, -0.25) is 4.79 Å². The zero-order chi connectivity index (χ0) is 22.0. The third kappa shape index (κ3) is 4.89. The molecule has 1 saturated heterocycles. The third-order valence-corrected chi connectivity index (χ3v) is 5.88. The molecule has 0 radical (unpaired) electrons. The molecule has 3 aromatic rings. The van der Waals surface area contributed by atoms with E-state index in [9.17, 15) is 4.79 Å². The fraction of sp³-hybridized carbons (Fsp3) is 0.208. The molecule has 0 saturated carbocycles. The van der Waals surface area contributed by atoms with E-state index in [1.807, 2.05) is 66.3 Å². The Morgan fingerprint density at radius 2 is 2.00 bits per heavy atom. The standard InChI is InChI=1S/C24H23N3O2S2/c1-15(2)14-29-20-10-9-17(11-16(20)3)22-18(12-21-23(28)25-24(30)31-21)13-27(26-22)19-7-5-4-6-8-19/h4-13,15H,14H2,1-3H3,(H,25,28,30)/b21-12+. The first-order valence-corrected chi connectivity index (χ1v) is 11.3. The first kappa shape index (κ1) is 21.3. The van der Waals surface area contributed by atoms with Crippen molar-refractivity contribution < 1.29 is 9.53 Å². The number of ether oxygens (including phenoxy) is 1. The second-order valence-electron chi connectivity index (χ2n) is 7.75. The summed E-state index contributed by atoms with van der Waals surface area (Å²) in [4.78, 5) is 12.8. The largest absolute Gasteiger partial charge is 0.493 e. The summed E-state index contributed by atoms with van der Waals surface area (Å²) in [6, 6.07) is 16.0. The molecule has 1 aliphatic heterocycles. The zero-order valence-corrected chi connectivity index (χ0v) is 19.2. The van der Waals surface area contributed by atoms with Crippen molar-refractivity contribution in [3.63, 3.8) is 0 Å². The molecule has 1 fully saturated rings. The Morgan fingerprint density at radius 3 is 2.65 bits per heavy atom. The van der Waals surface area contributed by atoms with Gasteiger partial charge in [0.15, 0.2) is 0 Å². The monoisotopic (exact) mass is 449 g/mol. The molecule has 5 nitrogen and oxygen atoms in total. The van der Waals surface area contributed by atoms with Gasteiger partial charge in [0, 0.05) is 17.3 Å². The second kappa shape index (κ2) is 9.08. The Hall–Kier alpha value is -2.90. The minimum absolute atomic E-state index is 0.179. The van der Waals surface area contributed by atoms with Crippen LogP contribution < -0.4 is 10.1 Å². The van der Waals surface area contributed by atoms with Gasteiger partial charge in [-0.25, -0.2) is 4.68 Å². The first-order chi connectivity index (χ1) is 14.9. The molecule has 2 aromatic carbocycles. The van der Waals surface area contributed by atoms with Crippen LogP contribution in [-0.4, -0.2) is 26.6 Å². The number of thiocarbonyl (C=S) groups is 1. The minimum Gasteiger partial charge on any atom is -0.493 e.